The molecular formula is C22H25ClF2N2O2. The average Bonchev–Trinajstić information content (AvgIpc) is 3.01. The molecule has 2 aromatic rings. The summed E-state index contributed by atoms with van der Waals surface area (Å²) in [6.45, 7) is 3.18. The summed E-state index contributed by atoms with van der Waals surface area (Å²) in [5.41, 5.74) is 1.71. The number of hydrogen-bond donors (Lipinski definition) is 1. The number of nitrogens with zero attached hydrogens (tertiary/aromatic N) is 2. The van der Waals surface area contributed by atoms with Crippen LogP contribution in [0, 0.1) is 17.6 Å². The molecular weight excluding hydrogens is 398 g/mol. The lowest BCUT2D eigenvalue weighted by molar-refractivity contribution is 0.0654. The van der Waals surface area contributed by atoms with Crippen LogP contribution in [0.3, 0.4) is 0 Å². The molecule has 1 unspecified atom stereocenters. The highest BCUT2D eigenvalue weighted by atomic mass is 35.5. The van der Waals surface area contributed by atoms with Crippen LogP contribution in [0.25, 0.3) is 0 Å². The smallest absolute Gasteiger partial charge is 0.254 e. The van der Waals surface area contributed by atoms with Crippen molar-refractivity contribution in [2.75, 3.05) is 26.2 Å². The second-order valence-electron chi connectivity index (χ2n) is 7.76. The number of β-amino-alcohol motifs (C(OH)–C–C–N with tert-alkyl or cyclic N) is 1. The van der Waals surface area contributed by atoms with Gasteiger partial charge in [-0.15, -0.1) is 12.4 Å². The third-order valence-electron chi connectivity index (χ3n) is 5.86. The molecule has 29 heavy (non-hydrogen) atoms. The first-order valence-corrected chi connectivity index (χ1v) is 9.74. The predicted octanol–water partition coefficient (Wildman–Crippen LogP) is 3.79. The van der Waals surface area contributed by atoms with Gasteiger partial charge in [-0.1, -0.05) is 18.2 Å². The Morgan fingerprint density at radius 3 is 2.41 bits per heavy atom. The molecule has 2 aliphatic rings. The van der Waals surface area contributed by atoms with Crippen LogP contribution < -0.4 is 0 Å². The topological polar surface area (TPSA) is 43.8 Å². The number of benzene rings is 2. The second-order valence-corrected chi connectivity index (χ2v) is 7.76. The standard InChI is InChI=1S/C22H24F2N2O2.ClH/c23-17-6-4-16(5-7-17)21(27)14-25-10-8-15(9-11-25)12-26-13-19-18(22(26)28)2-1-3-20(19)24;/h1-7,15,21,27H,8-14H2;1H. The van der Waals surface area contributed by atoms with E-state index >= 15 is 0 Å². The van der Waals surface area contributed by atoms with Crippen molar-refractivity contribution in [3.8, 4) is 0 Å². The molecule has 2 aliphatic heterocycles. The van der Waals surface area contributed by atoms with Gasteiger partial charge in [0, 0.05) is 30.8 Å². The summed E-state index contributed by atoms with van der Waals surface area (Å²) in [5, 5.41) is 10.4. The Bertz CT molecular complexity index is 854. The fourth-order valence-corrected chi connectivity index (χ4v) is 4.20. The summed E-state index contributed by atoms with van der Waals surface area (Å²) in [5.74, 6) is -0.322. The van der Waals surface area contributed by atoms with Crippen LogP contribution >= 0.6 is 12.4 Å². The van der Waals surface area contributed by atoms with Crippen LogP contribution in [-0.2, 0) is 6.54 Å². The minimum Gasteiger partial charge on any atom is -0.387 e. The number of carbonyl (C=O) groups excluding carboxylic acids is 1. The molecule has 1 fully saturated rings. The Labute approximate surface area is 175 Å². The van der Waals surface area contributed by atoms with Gasteiger partial charge in [-0.25, -0.2) is 8.78 Å². The molecule has 1 N–H and O–H groups in total. The molecule has 4 rings (SSSR count). The van der Waals surface area contributed by atoms with Crippen molar-refractivity contribution in [2.24, 2.45) is 5.92 Å². The Balaban J connectivity index is 0.00000240. The zero-order valence-corrected chi connectivity index (χ0v) is 16.9. The molecule has 4 nitrogen and oxygen atoms in total. The lowest BCUT2D eigenvalue weighted by Crippen LogP contribution is -2.40. The van der Waals surface area contributed by atoms with Gasteiger partial charge in [0.05, 0.1) is 6.10 Å². The molecule has 0 aliphatic carbocycles. The maximum absolute atomic E-state index is 13.9. The van der Waals surface area contributed by atoms with E-state index in [1.54, 1.807) is 29.2 Å². The van der Waals surface area contributed by atoms with E-state index in [2.05, 4.69) is 4.90 Å². The highest BCUT2D eigenvalue weighted by molar-refractivity contribution is 5.98. The lowest BCUT2D eigenvalue weighted by atomic mass is 9.95. The predicted molar refractivity (Wildman–Crippen MR) is 109 cm³/mol. The monoisotopic (exact) mass is 422 g/mol. The van der Waals surface area contributed by atoms with Gasteiger partial charge in [0.2, 0.25) is 0 Å². The van der Waals surface area contributed by atoms with E-state index < -0.39 is 6.10 Å². The quantitative estimate of drug-likeness (QED) is 0.797. The first-order valence-electron chi connectivity index (χ1n) is 9.74. The average molecular weight is 423 g/mol. The van der Waals surface area contributed by atoms with E-state index in [9.17, 15) is 18.7 Å². The summed E-state index contributed by atoms with van der Waals surface area (Å²) < 4.78 is 26.9. The molecule has 7 heteroatoms. The number of piperidine rings is 1. The molecule has 1 atom stereocenters. The van der Waals surface area contributed by atoms with Crippen LogP contribution in [0.5, 0.6) is 0 Å². The Hall–Kier alpha value is -2.02. The number of rotatable bonds is 5. The van der Waals surface area contributed by atoms with Crippen molar-refractivity contribution in [3.05, 3.63) is 70.8 Å². The van der Waals surface area contributed by atoms with E-state index in [0.717, 1.165) is 25.9 Å². The zero-order chi connectivity index (χ0) is 19.7. The maximum Gasteiger partial charge on any atom is 0.254 e. The summed E-state index contributed by atoms with van der Waals surface area (Å²) >= 11 is 0. The van der Waals surface area contributed by atoms with Gasteiger partial charge >= 0.3 is 0 Å². The molecule has 1 saturated heterocycles. The van der Waals surface area contributed by atoms with Crippen molar-refractivity contribution < 1.29 is 18.7 Å². The van der Waals surface area contributed by atoms with Crippen molar-refractivity contribution in [1.29, 1.82) is 0 Å². The summed E-state index contributed by atoms with van der Waals surface area (Å²) in [6.07, 6.45) is 1.21. The van der Waals surface area contributed by atoms with Crippen LogP contribution in [0.4, 0.5) is 8.78 Å². The van der Waals surface area contributed by atoms with Gasteiger partial charge < -0.3 is 14.9 Å². The maximum atomic E-state index is 13.9. The highest BCUT2D eigenvalue weighted by Gasteiger charge is 2.32. The van der Waals surface area contributed by atoms with E-state index in [4.69, 9.17) is 0 Å². The minimum absolute atomic E-state index is 0. The van der Waals surface area contributed by atoms with Crippen molar-refractivity contribution in [3.63, 3.8) is 0 Å². The molecule has 0 aromatic heterocycles. The second kappa shape index (κ2) is 9.20. The van der Waals surface area contributed by atoms with Gasteiger partial charge in [-0.05, 0) is 61.7 Å². The Morgan fingerprint density at radius 1 is 1.07 bits per heavy atom. The van der Waals surface area contributed by atoms with Crippen molar-refractivity contribution in [2.45, 2.75) is 25.5 Å². The number of aliphatic hydroxyl groups is 1. The molecule has 2 aromatic carbocycles. The molecule has 0 spiro atoms. The van der Waals surface area contributed by atoms with Gasteiger partial charge in [-0.3, -0.25) is 4.79 Å². The molecule has 0 saturated carbocycles. The van der Waals surface area contributed by atoms with E-state index in [1.807, 2.05) is 0 Å². The van der Waals surface area contributed by atoms with Crippen molar-refractivity contribution >= 4 is 18.3 Å². The number of amides is 1. The molecule has 1 amide bonds. The molecule has 0 radical (unpaired) electrons. The number of carbonyl (C=O) groups is 1. The number of likely N-dealkylation sites (tertiary alicyclic amines) is 1. The number of hydrogen-bond acceptors (Lipinski definition) is 3. The normalized spacial score (nSPS) is 18.4. The van der Waals surface area contributed by atoms with Gasteiger partial charge in [0.1, 0.15) is 11.6 Å². The fraction of sp³-hybridized carbons (Fsp3) is 0.409. The summed E-state index contributed by atoms with van der Waals surface area (Å²) in [4.78, 5) is 16.5. The summed E-state index contributed by atoms with van der Waals surface area (Å²) in [7, 11) is 0. The van der Waals surface area contributed by atoms with Crippen LogP contribution in [0.2, 0.25) is 0 Å². The number of fused-ring (bicyclic) bond motifs is 1. The minimum atomic E-state index is -0.644. The van der Waals surface area contributed by atoms with Crippen LogP contribution in [0.1, 0.15) is 40.4 Å². The fourth-order valence-electron chi connectivity index (χ4n) is 4.20. The third kappa shape index (κ3) is 4.77. The third-order valence-corrected chi connectivity index (χ3v) is 5.86. The number of aliphatic hydroxyl groups excluding tert-OH is 1. The Morgan fingerprint density at radius 2 is 1.76 bits per heavy atom. The van der Waals surface area contributed by atoms with Gasteiger partial charge in [0.15, 0.2) is 0 Å². The Kier molecular flexibility index (Phi) is 6.88. The largest absolute Gasteiger partial charge is 0.387 e. The van der Waals surface area contributed by atoms with Crippen molar-refractivity contribution in [1.82, 2.24) is 9.80 Å². The van der Waals surface area contributed by atoms with Crippen LogP contribution in [-0.4, -0.2) is 47.0 Å². The van der Waals surface area contributed by atoms with Gasteiger partial charge in [0.25, 0.3) is 5.91 Å². The summed E-state index contributed by atoms with van der Waals surface area (Å²) in [6, 6.07) is 10.6. The van der Waals surface area contributed by atoms with Crippen LogP contribution in [0.15, 0.2) is 42.5 Å². The highest BCUT2D eigenvalue weighted by Crippen LogP contribution is 2.28. The molecule has 2 heterocycles. The molecule has 156 valence electrons. The van der Waals surface area contributed by atoms with E-state index in [1.165, 1.54) is 18.2 Å². The van der Waals surface area contributed by atoms with E-state index in [0.29, 0.717) is 42.2 Å². The van der Waals surface area contributed by atoms with E-state index in [-0.39, 0.29) is 29.9 Å². The first-order chi connectivity index (χ1) is 13.5. The lowest BCUT2D eigenvalue weighted by Gasteiger charge is -2.34. The number of halogens is 3. The first kappa shape index (κ1) is 21.7. The molecule has 0 bridgehead atoms. The van der Waals surface area contributed by atoms with Gasteiger partial charge in [-0.2, -0.15) is 0 Å². The zero-order valence-electron chi connectivity index (χ0n) is 16.1. The SMILES string of the molecule is Cl.O=C1c2cccc(F)c2CN1CC1CCN(CC(O)c2ccc(F)cc2)CC1.